The molecule has 2 rings (SSSR count). The molecule has 1 atom stereocenters. The molecule has 1 aromatic rings. The number of aromatic hydroxyl groups is 1. The van der Waals surface area contributed by atoms with Gasteiger partial charge in [-0.25, -0.2) is 4.98 Å². The van der Waals surface area contributed by atoms with Crippen molar-refractivity contribution in [2.75, 3.05) is 5.01 Å². The van der Waals surface area contributed by atoms with Crippen LogP contribution in [0, 0.1) is 0 Å². The predicted molar refractivity (Wildman–Crippen MR) is 51.0 cm³/mol. The van der Waals surface area contributed by atoms with Crippen LogP contribution >= 0.6 is 0 Å². The zero-order chi connectivity index (χ0) is 10.8. The van der Waals surface area contributed by atoms with E-state index in [1.807, 2.05) is 0 Å². The molecule has 6 heteroatoms. The number of nitrogens with zero attached hydrogens (tertiary/aromatic N) is 2. The topological polar surface area (TPSA) is 82.5 Å². The number of anilines is 1. The summed E-state index contributed by atoms with van der Waals surface area (Å²) in [4.78, 5) is 25.7. The molecule has 15 heavy (non-hydrogen) atoms. The SMILES string of the molecule is O=CC1CC(=O)NN1c1ncccc1O. The van der Waals surface area contributed by atoms with Crippen LogP contribution in [0.25, 0.3) is 0 Å². The van der Waals surface area contributed by atoms with Crippen LogP contribution in [0.5, 0.6) is 5.75 Å². The summed E-state index contributed by atoms with van der Waals surface area (Å²) in [6.45, 7) is 0. The van der Waals surface area contributed by atoms with Crippen LogP contribution in [0.4, 0.5) is 5.82 Å². The Morgan fingerprint density at radius 3 is 3.13 bits per heavy atom. The van der Waals surface area contributed by atoms with Gasteiger partial charge in [-0.2, -0.15) is 0 Å². The minimum absolute atomic E-state index is 0.0773. The van der Waals surface area contributed by atoms with Crippen molar-refractivity contribution >= 4 is 18.0 Å². The molecule has 0 radical (unpaired) electrons. The molecule has 78 valence electrons. The molecule has 1 amide bonds. The van der Waals surface area contributed by atoms with Crippen molar-refractivity contribution in [3.63, 3.8) is 0 Å². The molecular formula is C9H9N3O3. The number of carbonyl (C=O) groups is 2. The number of pyridine rings is 1. The highest BCUT2D eigenvalue weighted by molar-refractivity contribution is 5.88. The molecule has 1 unspecified atom stereocenters. The third kappa shape index (κ3) is 1.61. The van der Waals surface area contributed by atoms with Crippen molar-refractivity contribution < 1.29 is 14.7 Å². The maximum Gasteiger partial charge on any atom is 0.241 e. The van der Waals surface area contributed by atoms with Gasteiger partial charge in [0.2, 0.25) is 5.91 Å². The van der Waals surface area contributed by atoms with E-state index >= 15 is 0 Å². The first-order valence-electron chi connectivity index (χ1n) is 4.40. The molecule has 2 N–H and O–H groups in total. The Balaban J connectivity index is 2.34. The van der Waals surface area contributed by atoms with E-state index in [2.05, 4.69) is 10.4 Å². The lowest BCUT2D eigenvalue weighted by Crippen LogP contribution is -2.39. The zero-order valence-corrected chi connectivity index (χ0v) is 7.75. The monoisotopic (exact) mass is 207 g/mol. The number of hydrogen-bond acceptors (Lipinski definition) is 5. The van der Waals surface area contributed by atoms with Crippen molar-refractivity contribution in [1.29, 1.82) is 0 Å². The first-order valence-corrected chi connectivity index (χ1v) is 4.40. The normalized spacial score (nSPS) is 20.1. The predicted octanol–water partition coefficient (Wildman–Crippen LogP) is -0.404. The standard InChI is InChI=1S/C9H9N3O3/c13-5-6-4-8(15)11-12(6)9-7(14)2-1-3-10-9/h1-3,5-6,14H,4H2,(H,11,15). The fraction of sp³-hybridized carbons (Fsp3) is 0.222. The van der Waals surface area contributed by atoms with Gasteiger partial charge in [-0.15, -0.1) is 0 Å². The highest BCUT2D eigenvalue weighted by Crippen LogP contribution is 2.26. The molecule has 1 saturated heterocycles. The van der Waals surface area contributed by atoms with Gasteiger partial charge < -0.3 is 9.90 Å². The summed E-state index contributed by atoms with van der Waals surface area (Å²) in [5, 5.41) is 10.8. The lowest BCUT2D eigenvalue weighted by Gasteiger charge is -2.20. The number of hydrogen-bond donors (Lipinski definition) is 2. The van der Waals surface area contributed by atoms with Gasteiger partial charge in [0.1, 0.15) is 12.3 Å². The average Bonchev–Trinajstić information content (AvgIpc) is 2.60. The Morgan fingerprint density at radius 1 is 1.67 bits per heavy atom. The second-order valence-corrected chi connectivity index (χ2v) is 3.16. The number of carbonyl (C=O) groups excluding carboxylic acids is 2. The van der Waals surface area contributed by atoms with Gasteiger partial charge in [-0.1, -0.05) is 0 Å². The minimum Gasteiger partial charge on any atom is -0.504 e. The summed E-state index contributed by atoms with van der Waals surface area (Å²) in [5.74, 6) is -0.163. The Kier molecular flexibility index (Phi) is 2.24. The number of hydrazine groups is 1. The van der Waals surface area contributed by atoms with E-state index < -0.39 is 6.04 Å². The second kappa shape index (κ2) is 3.56. The molecule has 1 fully saturated rings. The first-order chi connectivity index (χ1) is 7.22. The summed E-state index contributed by atoms with van der Waals surface area (Å²) >= 11 is 0. The van der Waals surface area contributed by atoms with Crippen LogP contribution in [0.1, 0.15) is 6.42 Å². The van der Waals surface area contributed by atoms with Gasteiger partial charge in [-0.3, -0.25) is 15.2 Å². The van der Waals surface area contributed by atoms with Gasteiger partial charge in [0.05, 0.1) is 6.42 Å². The van der Waals surface area contributed by atoms with E-state index in [0.29, 0.717) is 6.29 Å². The molecule has 0 bridgehead atoms. The maximum absolute atomic E-state index is 11.1. The van der Waals surface area contributed by atoms with E-state index in [0.717, 1.165) is 0 Å². The quantitative estimate of drug-likeness (QED) is 0.644. The largest absolute Gasteiger partial charge is 0.504 e. The van der Waals surface area contributed by atoms with E-state index in [1.165, 1.54) is 17.3 Å². The summed E-state index contributed by atoms with van der Waals surface area (Å²) in [6, 6.07) is 2.39. The van der Waals surface area contributed by atoms with Crippen molar-refractivity contribution in [3.05, 3.63) is 18.3 Å². The Hall–Kier alpha value is -2.11. The smallest absolute Gasteiger partial charge is 0.241 e. The van der Waals surface area contributed by atoms with Crippen molar-refractivity contribution in [1.82, 2.24) is 10.4 Å². The van der Waals surface area contributed by atoms with Gasteiger partial charge in [0.15, 0.2) is 11.6 Å². The molecular weight excluding hydrogens is 198 g/mol. The van der Waals surface area contributed by atoms with Gasteiger partial charge in [-0.05, 0) is 12.1 Å². The fourth-order valence-electron chi connectivity index (χ4n) is 1.44. The highest BCUT2D eigenvalue weighted by atomic mass is 16.3. The van der Waals surface area contributed by atoms with E-state index in [1.54, 1.807) is 6.07 Å². The lowest BCUT2D eigenvalue weighted by atomic mass is 10.2. The summed E-state index contributed by atoms with van der Waals surface area (Å²) in [5.41, 5.74) is 2.45. The molecule has 1 aliphatic heterocycles. The zero-order valence-electron chi connectivity index (χ0n) is 7.75. The Morgan fingerprint density at radius 2 is 2.47 bits per heavy atom. The van der Waals surface area contributed by atoms with E-state index in [9.17, 15) is 14.7 Å². The van der Waals surface area contributed by atoms with Crippen molar-refractivity contribution in [2.24, 2.45) is 0 Å². The maximum atomic E-state index is 11.1. The minimum atomic E-state index is -0.613. The van der Waals surface area contributed by atoms with Crippen LogP contribution in [0.15, 0.2) is 18.3 Å². The van der Waals surface area contributed by atoms with Crippen molar-refractivity contribution in [3.8, 4) is 5.75 Å². The third-order valence-corrected chi connectivity index (χ3v) is 2.12. The second-order valence-electron chi connectivity index (χ2n) is 3.16. The summed E-state index contributed by atoms with van der Waals surface area (Å²) in [7, 11) is 0. The molecule has 0 saturated carbocycles. The van der Waals surface area contributed by atoms with E-state index in [-0.39, 0.29) is 23.9 Å². The Bertz CT molecular complexity index is 407. The van der Waals surface area contributed by atoms with Crippen LogP contribution in [-0.2, 0) is 9.59 Å². The highest BCUT2D eigenvalue weighted by Gasteiger charge is 2.32. The number of aldehydes is 1. The third-order valence-electron chi connectivity index (χ3n) is 2.12. The number of amides is 1. The van der Waals surface area contributed by atoms with Gasteiger partial charge in [0.25, 0.3) is 0 Å². The Labute approximate surface area is 85.5 Å². The van der Waals surface area contributed by atoms with Crippen LogP contribution in [0.3, 0.4) is 0 Å². The van der Waals surface area contributed by atoms with Crippen LogP contribution in [0.2, 0.25) is 0 Å². The first kappa shape index (κ1) is 9.45. The number of nitrogens with one attached hydrogen (secondary N) is 1. The van der Waals surface area contributed by atoms with Crippen LogP contribution in [-0.4, -0.2) is 28.3 Å². The molecule has 1 aromatic heterocycles. The number of aromatic nitrogens is 1. The van der Waals surface area contributed by atoms with Crippen molar-refractivity contribution in [2.45, 2.75) is 12.5 Å². The van der Waals surface area contributed by atoms with Gasteiger partial charge >= 0.3 is 0 Å². The average molecular weight is 207 g/mol. The molecule has 0 aliphatic carbocycles. The summed E-state index contributed by atoms with van der Waals surface area (Å²) in [6.07, 6.45) is 2.20. The van der Waals surface area contributed by atoms with Gasteiger partial charge in [0, 0.05) is 6.20 Å². The van der Waals surface area contributed by atoms with Crippen LogP contribution < -0.4 is 10.4 Å². The number of rotatable bonds is 2. The molecule has 0 aromatic carbocycles. The fourth-order valence-corrected chi connectivity index (χ4v) is 1.44. The lowest BCUT2D eigenvalue weighted by molar-refractivity contribution is -0.120. The molecule has 6 nitrogen and oxygen atoms in total. The van der Waals surface area contributed by atoms with E-state index in [4.69, 9.17) is 0 Å². The molecule has 2 heterocycles. The summed E-state index contributed by atoms with van der Waals surface area (Å²) < 4.78 is 0. The molecule has 0 spiro atoms. The molecule has 1 aliphatic rings.